The zero-order chi connectivity index (χ0) is 26.2. The van der Waals surface area contributed by atoms with Crippen LogP contribution in [0.25, 0.3) is 10.8 Å². The van der Waals surface area contributed by atoms with Gasteiger partial charge in [0.05, 0.1) is 26.4 Å². The van der Waals surface area contributed by atoms with Gasteiger partial charge < -0.3 is 29.4 Å². The summed E-state index contributed by atoms with van der Waals surface area (Å²) in [4.78, 5) is 0. The molecule has 6 nitrogen and oxygen atoms in total. The van der Waals surface area contributed by atoms with E-state index in [0.29, 0.717) is 25.7 Å². The first kappa shape index (κ1) is 26.0. The number of hydrogen-bond donors (Lipinski definition) is 2. The number of methoxy groups -OCH3 is 1. The minimum Gasteiger partial charge on any atom is -0.496 e. The summed E-state index contributed by atoms with van der Waals surface area (Å²) < 4.78 is 23.9. The largest absolute Gasteiger partial charge is 0.496 e. The molecule has 0 amide bonds. The lowest BCUT2D eigenvalue weighted by Gasteiger charge is -2.32. The highest BCUT2D eigenvalue weighted by Gasteiger charge is 2.27. The molecule has 2 atom stereocenters. The molecule has 1 aliphatic heterocycles. The van der Waals surface area contributed by atoms with Crippen molar-refractivity contribution in [2.75, 3.05) is 33.4 Å². The van der Waals surface area contributed by atoms with Gasteiger partial charge in [0.2, 0.25) is 0 Å². The van der Waals surface area contributed by atoms with E-state index in [2.05, 4.69) is 41.7 Å². The van der Waals surface area contributed by atoms with Crippen molar-refractivity contribution in [3.63, 3.8) is 0 Å². The number of nitrogens with one attached hydrogen (secondary N) is 1. The third-order valence-electron chi connectivity index (χ3n) is 7.02. The van der Waals surface area contributed by atoms with Crippen molar-refractivity contribution in [3.8, 4) is 17.2 Å². The number of aliphatic hydroxyl groups excluding tert-OH is 1. The van der Waals surface area contributed by atoms with Crippen LogP contribution in [0.3, 0.4) is 0 Å². The number of aliphatic hydroxyl groups is 1. The number of rotatable bonds is 11. The molecule has 0 aliphatic carbocycles. The van der Waals surface area contributed by atoms with Crippen LogP contribution in [0.2, 0.25) is 0 Å². The highest BCUT2D eigenvalue weighted by molar-refractivity contribution is 5.89. The summed E-state index contributed by atoms with van der Waals surface area (Å²) in [6, 6.07) is 28.7. The second-order valence-corrected chi connectivity index (χ2v) is 9.51. The molecule has 2 N–H and O–H groups in total. The highest BCUT2D eigenvalue weighted by Crippen LogP contribution is 2.32. The monoisotopic (exact) mass is 513 g/mol. The van der Waals surface area contributed by atoms with Crippen LogP contribution in [0, 0.1) is 0 Å². The Balaban J connectivity index is 1.31. The zero-order valence-electron chi connectivity index (χ0n) is 21.8. The van der Waals surface area contributed by atoms with Crippen molar-refractivity contribution in [1.29, 1.82) is 0 Å². The molecule has 198 valence electrons. The standard InChI is InChI=1S/C32H35NO5/c1-35-30-9-5-3-7-26(30)22-38-31-19-23(18-25-6-2-4-8-28(25)31)21-37-32-20-33-15-14-29(32)24-10-12-27(13-11-24)36-17-16-34/h2-13,18-19,29,32-34H,14-17,20-22H2,1H3. The predicted molar refractivity (Wildman–Crippen MR) is 149 cm³/mol. The van der Waals surface area contributed by atoms with Gasteiger partial charge in [-0.3, -0.25) is 0 Å². The van der Waals surface area contributed by atoms with Crippen molar-refractivity contribution >= 4 is 10.8 Å². The first-order chi connectivity index (χ1) is 18.7. The van der Waals surface area contributed by atoms with Gasteiger partial charge in [-0.25, -0.2) is 0 Å². The Morgan fingerprint density at radius 1 is 0.868 bits per heavy atom. The predicted octanol–water partition coefficient (Wildman–Crippen LogP) is 5.46. The summed E-state index contributed by atoms with van der Waals surface area (Å²) in [5.74, 6) is 2.72. The second kappa shape index (κ2) is 12.8. The number of fused-ring (bicyclic) bond motifs is 1. The molecule has 5 rings (SSSR count). The van der Waals surface area contributed by atoms with Gasteiger partial charge in [0, 0.05) is 23.4 Å². The van der Waals surface area contributed by atoms with Gasteiger partial charge in [-0.15, -0.1) is 0 Å². The van der Waals surface area contributed by atoms with Gasteiger partial charge >= 0.3 is 0 Å². The van der Waals surface area contributed by atoms with E-state index in [0.717, 1.165) is 58.7 Å². The lowest BCUT2D eigenvalue weighted by atomic mass is 9.87. The maximum absolute atomic E-state index is 8.99. The first-order valence-corrected chi connectivity index (χ1v) is 13.2. The van der Waals surface area contributed by atoms with Gasteiger partial charge in [-0.05, 0) is 59.8 Å². The summed E-state index contributed by atoms with van der Waals surface area (Å²) in [6.07, 6.45) is 1.06. The third-order valence-corrected chi connectivity index (χ3v) is 7.02. The van der Waals surface area contributed by atoms with Crippen LogP contribution in [0.5, 0.6) is 17.2 Å². The van der Waals surface area contributed by atoms with Crippen LogP contribution in [0.1, 0.15) is 29.0 Å². The molecule has 0 bridgehead atoms. The van der Waals surface area contributed by atoms with E-state index in [1.165, 1.54) is 5.56 Å². The average Bonchev–Trinajstić information content (AvgIpc) is 2.98. The Morgan fingerprint density at radius 2 is 1.68 bits per heavy atom. The first-order valence-electron chi connectivity index (χ1n) is 13.2. The Bertz CT molecular complexity index is 1320. The molecule has 1 saturated heterocycles. The summed E-state index contributed by atoms with van der Waals surface area (Å²) >= 11 is 0. The van der Waals surface area contributed by atoms with E-state index in [1.54, 1.807) is 7.11 Å². The Labute approximate surface area is 224 Å². The van der Waals surface area contributed by atoms with Gasteiger partial charge in [0.15, 0.2) is 0 Å². The average molecular weight is 514 g/mol. The molecule has 0 saturated carbocycles. The van der Waals surface area contributed by atoms with E-state index in [4.69, 9.17) is 24.1 Å². The van der Waals surface area contributed by atoms with Crippen LogP contribution in [0.4, 0.5) is 0 Å². The van der Waals surface area contributed by atoms with Crippen LogP contribution in [-0.2, 0) is 18.0 Å². The van der Waals surface area contributed by atoms with Crippen molar-refractivity contribution in [1.82, 2.24) is 5.32 Å². The van der Waals surface area contributed by atoms with E-state index < -0.39 is 0 Å². The number of para-hydroxylation sites is 1. The fourth-order valence-electron chi connectivity index (χ4n) is 5.08. The minimum atomic E-state index is 0.00787. The molecular formula is C32H35NO5. The van der Waals surface area contributed by atoms with Gasteiger partial charge in [0.25, 0.3) is 0 Å². The second-order valence-electron chi connectivity index (χ2n) is 9.51. The molecule has 0 radical (unpaired) electrons. The highest BCUT2D eigenvalue weighted by atomic mass is 16.5. The molecule has 4 aromatic rings. The number of benzene rings is 4. The van der Waals surface area contributed by atoms with Gasteiger partial charge in [0.1, 0.15) is 30.5 Å². The van der Waals surface area contributed by atoms with Gasteiger partial charge in [-0.2, -0.15) is 0 Å². The lowest BCUT2D eigenvalue weighted by Crippen LogP contribution is -2.40. The molecule has 0 aromatic heterocycles. The molecule has 1 heterocycles. The van der Waals surface area contributed by atoms with Crippen LogP contribution in [-0.4, -0.2) is 44.6 Å². The summed E-state index contributed by atoms with van der Waals surface area (Å²) in [7, 11) is 1.68. The Kier molecular flexibility index (Phi) is 8.76. The van der Waals surface area contributed by atoms with Crippen molar-refractivity contribution in [3.05, 3.63) is 102 Å². The molecular weight excluding hydrogens is 478 g/mol. The van der Waals surface area contributed by atoms with E-state index in [-0.39, 0.29) is 12.7 Å². The summed E-state index contributed by atoms with van der Waals surface area (Å²) in [6.45, 7) is 2.99. The number of hydrogen-bond acceptors (Lipinski definition) is 6. The molecule has 4 aromatic carbocycles. The van der Waals surface area contributed by atoms with Crippen LogP contribution < -0.4 is 19.5 Å². The van der Waals surface area contributed by atoms with Crippen LogP contribution >= 0.6 is 0 Å². The lowest BCUT2D eigenvalue weighted by molar-refractivity contribution is 0.0106. The number of piperidine rings is 1. The SMILES string of the molecule is COc1ccccc1COc1cc(COC2CNCCC2c2ccc(OCCO)cc2)cc2ccccc12. The zero-order valence-corrected chi connectivity index (χ0v) is 21.8. The molecule has 2 unspecified atom stereocenters. The van der Waals surface area contributed by atoms with Crippen molar-refractivity contribution < 1.29 is 24.1 Å². The molecule has 38 heavy (non-hydrogen) atoms. The third kappa shape index (κ3) is 6.27. The van der Waals surface area contributed by atoms with Crippen molar-refractivity contribution in [2.24, 2.45) is 0 Å². The van der Waals surface area contributed by atoms with Crippen molar-refractivity contribution in [2.45, 2.75) is 31.7 Å². The van der Waals surface area contributed by atoms with E-state index >= 15 is 0 Å². The fourth-order valence-corrected chi connectivity index (χ4v) is 5.08. The fraction of sp³-hybridized carbons (Fsp3) is 0.312. The molecule has 1 aliphatic rings. The maximum Gasteiger partial charge on any atom is 0.127 e. The Morgan fingerprint density at radius 3 is 2.53 bits per heavy atom. The normalized spacial score (nSPS) is 17.3. The van der Waals surface area contributed by atoms with Crippen LogP contribution in [0.15, 0.2) is 84.9 Å². The topological polar surface area (TPSA) is 69.2 Å². The maximum atomic E-state index is 8.99. The quantitative estimate of drug-likeness (QED) is 0.278. The Hall–Kier alpha value is -3.58. The number of ether oxygens (including phenoxy) is 4. The summed E-state index contributed by atoms with van der Waals surface area (Å²) in [5.41, 5.74) is 3.33. The van der Waals surface area contributed by atoms with Gasteiger partial charge in [-0.1, -0.05) is 54.6 Å². The smallest absolute Gasteiger partial charge is 0.127 e. The molecule has 1 fully saturated rings. The summed E-state index contributed by atoms with van der Waals surface area (Å²) in [5, 5.41) is 14.7. The molecule has 0 spiro atoms. The molecule has 6 heteroatoms. The van der Waals surface area contributed by atoms with E-state index in [9.17, 15) is 0 Å². The van der Waals surface area contributed by atoms with E-state index in [1.807, 2.05) is 48.5 Å². The minimum absolute atomic E-state index is 0.00787.